The van der Waals surface area contributed by atoms with Gasteiger partial charge in [0.1, 0.15) is 0 Å². The summed E-state index contributed by atoms with van der Waals surface area (Å²) in [5.41, 5.74) is 4.29. The number of halogens is 2. The van der Waals surface area contributed by atoms with E-state index in [1.807, 2.05) is 0 Å². The van der Waals surface area contributed by atoms with E-state index in [-0.39, 0.29) is 30.2 Å². The van der Waals surface area contributed by atoms with Crippen molar-refractivity contribution in [3.05, 3.63) is 47.6 Å². The van der Waals surface area contributed by atoms with Gasteiger partial charge in [-0.2, -0.15) is 0 Å². The van der Waals surface area contributed by atoms with Crippen molar-refractivity contribution < 1.29 is 27.9 Å². The molecule has 0 bridgehead atoms. The molecule has 1 aromatic rings. The molecule has 1 aromatic carbocycles. The molecule has 0 amide bonds. The molecule has 3 nitrogen and oxygen atoms in total. The van der Waals surface area contributed by atoms with E-state index in [2.05, 4.69) is 76.2 Å². The van der Waals surface area contributed by atoms with Crippen molar-refractivity contribution in [2.24, 2.45) is 5.41 Å². The number of hydrogen-bond donors (Lipinski definition) is 0. The Hall–Kier alpha value is -0.126. The van der Waals surface area contributed by atoms with Gasteiger partial charge in [-0.3, -0.25) is 0 Å². The summed E-state index contributed by atoms with van der Waals surface area (Å²) in [6.45, 7) is 8.03. The minimum Gasteiger partial charge on any atom is -0.147 e. The van der Waals surface area contributed by atoms with Gasteiger partial charge in [-0.05, 0) is 0 Å². The molecule has 1 aliphatic carbocycles. The zero-order valence-electron chi connectivity index (χ0n) is 15.7. The smallest absolute Gasteiger partial charge is 0.147 e. The van der Waals surface area contributed by atoms with E-state index in [0.29, 0.717) is 6.61 Å². The molecule has 6 heteroatoms. The second-order valence-corrected chi connectivity index (χ2v) is 8.82. The topological polar surface area (TPSA) is 21.7 Å². The monoisotopic (exact) mass is 421 g/mol. The molecule has 0 aromatic heterocycles. The number of nitrogens with zero attached hydrogens (tertiary/aromatic N) is 1. The van der Waals surface area contributed by atoms with Gasteiger partial charge in [0.15, 0.2) is 0 Å². The predicted octanol–water partition coefficient (Wildman–Crippen LogP) is 4.42. The molecule has 1 aliphatic rings. The maximum absolute atomic E-state index is 5.58. The van der Waals surface area contributed by atoms with Crippen LogP contribution in [0.2, 0.25) is 0 Å². The zero-order valence-corrected chi connectivity index (χ0v) is 18.9. The van der Waals surface area contributed by atoms with Gasteiger partial charge in [-0.15, -0.1) is 24.8 Å². The van der Waals surface area contributed by atoms with E-state index in [1.165, 1.54) is 20.6 Å². The van der Waals surface area contributed by atoms with E-state index in [1.54, 1.807) is 0 Å². The predicted molar refractivity (Wildman–Crippen MR) is 106 cm³/mol. The molecule has 0 unspecified atom stereocenters. The van der Waals surface area contributed by atoms with Gasteiger partial charge in [0.2, 0.25) is 0 Å². The Morgan fingerprint density at radius 3 is 2.44 bits per heavy atom. The summed E-state index contributed by atoms with van der Waals surface area (Å²) in [5, 5.41) is 0. The second-order valence-electron chi connectivity index (χ2n) is 7.40. The molecular formula is C19H29Cl2NO2Ti. The number of allylic oxidation sites excluding steroid dienone is 2. The minimum atomic E-state index is -0.754. The van der Waals surface area contributed by atoms with Crippen LogP contribution in [0.1, 0.15) is 32.8 Å². The summed E-state index contributed by atoms with van der Waals surface area (Å²) >= 11 is -0.754. The van der Waals surface area contributed by atoms with Crippen molar-refractivity contribution in [1.82, 2.24) is 4.90 Å². The number of likely N-dealkylation sites (N-methyl/N-ethyl adjacent to an activating group) is 1. The van der Waals surface area contributed by atoms with Crippen LogP contribution in [0.4, 0.5) is 0 Å². The molecule has 140 valence electrons. The molecule has 0 aliphatic heterocycles. The van der Waals surface area contributed by atoms with Gasteiger partial charge >= 0.3 is 150 Å². The molecule has 2 rings (SSSR count). The minimum absolute atomic E-state index is 0. The van der Waals surface area contributed by atoms with E-state index in [4.69, 9.17) is 8.36 Å². The Kier molecular flexibility index (Phi) is 11.5. The van der Waals surface area contributed by atoms with Crippen LogP contribution in [0, 0.1) is 5.41 Å². The van der Waals surface area contributed by atoms with Gasteiger partial charge in [-0.1, -0.05) is 0 Å². The van der Waals surface area contributed by atoms with E-state index >= 15 is 0 Å². The summed E-state index contributed by atoms with van der Waals surface area (Å²) < 4.78 is 6.89. The number of rotatable bonds is 7. The summed E-state index contributed by atoms with van der Waals surface area (Å²) in [6.07, 6.45) is 5.51. The largest absolute Gasteiger partial charge is 0.147 e. The van der Waals surface area contributed by atoms with Crippen LogP contribution in [0.5, 0.6) is 0 Å². The first-order valence-electron chi connectivity index (χ1n) is 8.04. The third kappa shape index (κ3) is 8.40. The average Bonchev–Trinajstić information content (AvgIpc) is 2.90. The van der Waals surface area contributed by atoms with Gasteiger partial charge in [0, 0.05) is 0 Å². The van der Waals surface area contributed by atoms with Crippen LogP contribution in [0.15, 0.2) is 42.0 Å². The van der Waals surface area contributed by atoms with Gasteiger partial charge < -0.3 is 0 Å². The third-order valence-corrected chi connectivity index (χ3v) is 4.81. The fourth-order valence-electron chi connectivity index (χ4n) is 2.44. The summed E-state index contributed by atoms with van der Waals surface area (Å²) in [5.74, 6) is 0. The van der Waals surface area contributed by atoms with Crippen LogP contribution in [0.25, 0.3) is 5.57 Å². The molecule has 0 saturated heterocycles. The molecule has 0 radical (unpaired) electrons. The molecule has 0 atom stereocenters. The Morgan fingerprint density at radius 1 is 1.12 bits per heavy atom. The van der Waals surface area contributed by atoms with Gasteiger partial charge in [0.05, 0.1) is 0 Å². The van der Waals surface area contributed by atoms with Crippen molar-refractivity contribution in [2.45, 2.75) is 27.2 Å². The van der Waals surface area contributed by atoms with Crippen LogP contribution < -0.4 is 3.87 Å². The summed E-state index contributed by atoms with van der Waals surface area (Å²) in [7, 11) is 4.22. The molecule has 25 heavy (non-hydrogen) atoms. The van der Waals surface area contributed by atoms with Crippen LogP contribution in [0.3, 0.4) is 0 Å². The average molecular weight is 422 g/mol. The third-order valence-electron chi connectivity index (χ3n) is 3.47. The van der Waals surface area contributed by atoms with Crippen molar-refractivity contribution >= 4 is 34.3 Å². The van der Waals surface area contributed by atoms with Crippen molar-refractivity contribution in [3.63, 3.8) is 0 Å². The van der Waals surface area contributed by atoms with Crippen LogP contribution in [-0.2, 0) is 27.9 Å². The Bertz CT molecular complexity index is 595. The summed E-state index contributed by atoms with van der Waals surface area (Å²) in [6, 6.07) is 8.59. The Balaban J connectivity index is 0.00000288. The SMILES string of the molecule is CN(C)CC1=C(c2cccc[c]2[Ti][O]OCC(C)(C)C)CC=C1.Cl.Cl. The van der Waals surface area contributed by atoms with Crippen molar-refractivity contribution in [1.29, 1.82) is 0 Å². The molecule has 0 spiro atoms. The van der Waals surface area contributed by atoms with Crippen molar-refractivity contribution in [3.8, 4) is 0 Å². The van der Waals surface area contributed by atoms with Gasteiger partial charge in [-0.25, -0.2) is 0 Å². The van der Waals surface area contributed by atoms with Crippen LogP contribution in [-0.4, -0.2) is 32.1 Å². The standard InChI is InChI=1S/C14H16N.C5H12O2.2ClH.Ti/c1-15(2)11-13-9-6-10-14(13)12-7-4-3-5-8-12;1-5(2,3)4-7-6;;;/h3-7,9H,10-11H2,1-2H3;6H,4H2,1-3H3;2*1H;/q;;;;+1/p-1. The van der Waals surface area contributed by atoms with Crippen molar-refractivity contribution in [2.75, 3.05) is 27.2 Å². The first kappa shape index (κ1) is 24.9. The molecule has 0 saturated carbocycles. The maximum Gasteiger partial charge on any atom is -0.147 e. The fourth-order valence-corrected chi connectivity index (χ4v) is 3.56. The Labute approximate surface area is 174 Å². The molecule has 0 heterocycles. The van der Waals surface area contributed by atoms with E-state index in [0.717, 1.165) is 13.0 Å². The van der Waals surface area contributed by atoms with E-state index < -0.39 is 19.5 Å². The first-order valence-corrected chi connectivity index (χ1v) is 9.46. The Morgan fingerprint density at radius 2 is 1.80 bits per heavy atom. The molecule has 0 N–H and O–H groups in total. The fraction of sp³-hybridized carbons (Fsp3) is 0.474. The number of benzene rings is 1. The van der Waals surface area contributed by atoms with Crippen LogP contribution >= 0.6 is 24.8 Å². The van der Waals surface area contributed by atoms with Gasteiger partial charge in [0.25, 0.3) is 0 Å². The number of hydrogen-bond acceptors (Lipinski definition) is 3. The molecular weight excluding hydrogens is 393 g/mol. The normalized spacial score (nSPS) is 13.7. The van der Waals surface area contributed by atoms with E-state index in [9.17, 15) is 0 Å². The first-order chi connectivity index (χ1) is 10.9. The molecule has 0 fully saturated rings. The zero-order chi connectivity index (χ0) is 16.9. The second kappa shape index (κ2) is 11.6. The maximum atomic E-state index is 5.58. The quantitative estimate of drug-likeness (QED) is 0.281. The summed E-state index contributed by atoms with van der Waals surface area (Å²) in [4.78, 5) is 7.64.